The third-order valence-electron chi connectivity index (χ3n) is 2.74. The third-order valence-corrected chi connectivity index (χ3v) is 3.48. The minimum absolute atomic E-state index is 0.351. The molecule has 0 aliphatic carbocycles. The summed E-state index contributed by atoms with van der Waals surface area (Å²) in [6.07, 6.45) is 0.835. The van der Waals surface area contributed by atoms with Crippen LogP contribution in [0.2, 0.25) is 0 Å². The molecule has 0 fully saturated rings. The number of hydrogen-bond donors (Lipinski definition) is 0. The summed E-state index contributed by atoms with van der Waals surface area (Å²) in [5.74, 6) is -0.351. The largest absolute Gasteiger partial charge is 0.465 e. The van der Waals surface area contributed by atoms with Crippen molar-refractivity contribution in [2.24, 2.45) is 0 Å². The van der Waals surface area contributed by atoms with Crippen molar-refractivity contribution in [2.45, 2.75) is 13.0 Å². The number of methoxy groups -OCH3 is 2. The Kier molecular flexibility index (Phi) is 9.25. The molecule has 1 rings (SSSR count). The standard InChI is InChI=1S/C15H21BrO5/c1-18-8-9-20-6-3-7-21-11-13-5-4-12(10-14(13)16)15(17)19-2/h4-5,10H,3,6-9,11H2,1-2H3. The van der Waals surface area contributed by atoms with Crippen molar-refractivity contribution in [1.29, 1.82) is 0 Å². The summed E-state index contributed by atoms with van der Waals surface area (Å²) < 4.78 is 21.3. The Morgan fingerprint density at radius 1 is 1.10 bits per heavy atom. The van der Waals surface area contributed by atoms with Crippen LogP contribution >= 0.6 is 15.9 Å². The van der Waals surface area contributed by atoms with E-state index in [-0.39, 0.29) is 5.97 Å². The molecule has 0 unspecified atom stereocenters. The minimum atomic E-state index is -0.351. The topological polar surface area (TPSA) is 54.0 Å². The van der Waals surface area contributed by atoms with Crippen LogP contribution in [0.1, 0.15) is 22.3 Å². The second-order valence-corrected chi connectivity index (χ2v) is 5.16. The molecule has 0 aromatic heterocycles. The maximum absolute atomic E-state index is 11.4. The molecule has 118 valence electrons. The fourth-order valence-electron chi connectivity index (χ4n) is 1.60. The third kappa shape index (κ3) is 7.04. The lowest BCUT2D eigenvalue weighted by Crippen LogP contribution is -2.06. The fourth-order valence-corrected chi connectivity index (χ4v) is 2.09. The smallest absolute Gasteiger partial charge is 0.337 e. The number of halogens is 1. The molecular weight excluding hydrogens is 340 g/mol. The van der Waals surface area contributed by atoms with Gasteiger partial charge < -0.3 is 18.9 Å². The van der Waals surface area contributed by atoms with Gasteiger partial charge in [-0.25, -0.2) is 4.79 Å². The van der Waals surface area contributed by atoms with Gasteiger partial charge in [0.25, 0.3) is 0 Å². The van der Waals surface area contributed by atoms with Crippen molar-refractivity contribution < 1.29 is 23.7 Å². The SMILES string of the molecule is COCCOCCCOCc1ccc(C(=O)OC)cc1Br. The van der Waals surface area contributed by atoms with E-state index >= 15 is 0 Å². The first-order valence-corrected chi connectivity index (χ1v) is 7.49. The monoisotopic (exact) mass is 360 g/mol. The van der Waals surface area contributed by atoms with E-state index in [0.29, 0.717) is 38.6 Å². The molecule has 21 heavy (non-hydrogen) atoms. The zero-order chi connectivity index (χ0) is 15.5. The average molecular weight is 361 g/mol. The molecule has 1 aromatic carbocycles. The Morgan fingerprint density at radius 3 is 2.52 bits per heavy atom. The van der Waals surface area contributed by atoms with Gasteiger partial charge in [-0.3, -0.25) is 0 Å². The number of carbonyl (C=O) groups is 1. The van der Waals surface area contributed by atoms with Crippen molar-refractivity contribution >= 4 is 21.9 Å². The van der Waals surface area contributed by atoms with Gasteiger partial charge in [0.2, 0.25) is 0 Å². The number of benzene rings is 1. The summed E-state index contributed by atoms with van der Waals surface area (Å²) in [6.45, 7) is 2.99. The summed E-state index contributed by atoms with van der Waals surface area (Å²) >= 11 is 3.43. The highest BCUT2D eigenvalue weighted by Gasteiger charge is 2.08. The van der Waals surface area contributed by atoms with Crippen LogP contribution in [0.3, 0.4) is 0 Å². The van der Waals surface area contributed by atoms with Crippen LogP contribution in [0.25, 0.3) is 0 Å². The summed E-state index contributed by atoms with van der Waals surface area (Å²) in [7, 11) is 3.01. The average Bonchev–Trinajstić information content (AvgIpc) is 2.50. The van der Waals surface area contributed by atoms with Crippen LogP contribution in [0.4, 0.5) is 0 Å². The molecular formula is C15H21BrO5. The molecule has 0 radical (unpaired) electrons. The molecule has 0 aliphatic heterocycles. The van der Waals surface area contributed by atoms with Gasteiger partial charge in [0.1, 0.15) is 0 Å². The van der Waals surface area contributed by atoms with Crippen LogP contribution in [0.5, 0.6) is 0 Å². The van der Waals surface area contributed by atoms with Crippen LogP contribution in [-0.2, 0) is 25.6 Å². The number of esters is 1. The Morgan fingerprint density at radius 2 is 1.86 bits per heavy atom. The first kappa shape index (κ1) is 18.1. The van der Waals surface area contributed by atoms with Gasteiger partial charge in [0.05, 0.1) is 32.5 Å². The Labute approximate surface area is 133 Å². The van der Waals surface area contributed by atoms with E-state index in [9.17, 15) is 4.79 Å². The first-order valence-electron chi connectivity index (χ1n) is 6.70. The van der Waals surface area contributed by atoms with Gasteiger partial charge in [-0.05, 0) is 24.1 Å². The van der Waals surface area contributed by atoms with Crippen molar-refractivity contribution in [1.82, 2.24) is 0 Å². The Hall–Kier alpha value is -0.950. The molecule has 0 saturated carbocycles. The van der Waals surface area contributed by atoms with Gasteiger partial charge in [-0.15, -0.1) is 0 Å². The quantitative estimate of drug-likeness (QED) is 0.474. The lowest BCUT2D eigenvalue weighted by molar-refractivity contribution is 0.0482. The molecule has 1 aromatic rings. The molecule has 5 nitrogen and oxygen atoms in total. The van der Waals surface area contributed by atoms with Crippen molar-refractivity contribution in [3.8, 4) is 0 Å². The summed E-state index contributed by atoms with van der Waals surface area (Å²) in [5, 5.41) is 0. The van der Waals surface area contributed by atoms with Gasteiger partial charge in [0.15, 0.2) is 0 Å². The molecule has 0 saturated heterocycles. The van der Waals surface area contributed by atoms with E-state index in [2.05, 4.69) is 20.7 Å². The second-order valence-electron chi connectivity index (χ2n) is 4.31. The van der Waals surface area contributed by atoms with Crippen molar-refractivity contribution in [3.05, 3.63) is 33.8 Å². The van der Waals surface area contributed by atoms with Gasteiger partial charge >= 0.3 is 5.97 Å². The molecule has 6 heteroatoms. The Bertz CT molecular complexity index is 436. The van der Waals surface area contributed by atoms with Gasteiger partial charge in [-0.2, -0.15) is 0 Å². The predicted molar refractivity (Wildman–Crippen MR) is 82.4 cm³/mol. The zero-order valence-corrected chi connectivity index (χ0v) is 14.0. The molecule has 0 aliphatic rings. The fraction of sp³-hybridized carbons (Fsp3) is 0.533. The molecule has 0 amide bonds. The zero-order valence-electron chi connectivity index (χ0n) is 12.4. The molecule has 0 bridgehead atoms. The van der Waals surface area contributed by atoms with Crippen molar-refractivity contribution in [2.75, 3.05) is 40.6 Å². The summed E-state index contributed by atoms with van der Waals surface area (Å²) in [5.41, 5.74) is 1.50. The molecule has 0 spiro atoms. The highest BCUT2D eigenvalue weighted by Crippen LogP contribution is 2.20. The summed E-state index contributed by atoms with van der Waals surface area (Å²) in [6, 6.07) is 5.31. The van der Waals surface area contributed by atoms with E-state index in [1.165, 1.54) is 7.11 Å². The van der Waals surface area contributed by atoms with Crippen LogP contribution in [0.15, 0.2) is 22.7 Å². The first-order chi connectivity index (χ1) is 10.2. The number of ether oxygens (including phenoxy) is 4. The Balaban J connectivity index is 2.25. The predicted octanol–water partition coefficient (Wildman–Crippen LogP) is 2.81. The lowest BCUT2D eigenvalue weighted by Gasteiger charge is -2.08. The van der Waals surface area contributed by atoms with Crippen molar-refractivity contribution in [3.63, 3.8) is 0 Å². The minimum Gasteiger partial charge on any atom is -0.465 e. The van der Waals surface area contributed by atoms with E-state index in [1.807, 2.05) is 6.07 Å². The number of carbonyl (C=O) groups excluding carboxylic acids is 1. The molecule has 0 N–H and O–H groups in total. The normalized spacial score (nSPS) is 10.6. The number of rotatable bonds is 10. The molecule has 0 heterocycles. The van der Waals surface area contributed by atoms with Gasteiger partial charge in [0, 0.05) is 24.8 Å². The lowest BCUT2D eigenvalue weighted by atomic mass is 10.1. The van der Waals surface area contributed by atoms with Crippen LogP contribution in [0, 0.1) is 0 Å². The van der Waals surface area contributed by atoms with Gasteiger partial charge in [-0.1, -0.05) is 22.0 Å². The van der Waals surface area contributed by atoms with E-state index in [4.69, 9.17) is 14.2 Å². The van der Waals surface area contributed by atoms with E-state index in [0.717, 1.165) is 16.5 Å². The second kappa shape index (κ2) is 10.7. The highest BCUT2D eigenvalue weighted by molar-refractivity contribution is 9.10. The van der Waals surface area contributed by atoms with E-state index < -0.39 is 0 Å². The summed E-state index contributed by atoms with van der Waals surface area (Å²) in [4.78, 5) is 11.4. The highest BCUT2D eigenvalue weighted by atomic mass is 79.9. The molecule has 0 atom stereocenters. The number of hydrogen-bond acceptors (Lipinski definition) is 5. The maximum Gasteiger partial charge on any atom is 0.337 e. The van der Waals surface area contributed by atoms with Crippen LogP contribution < -0.4 is 0 Å². The van der Waals surface area contributed by atoms with Crippen LogP contribution in [-0.4, -0.2) is 46.6 Å². The van der Waals surface area contributed by atoms with E-state index in [1.54, 1.807) is 19.2 Å². The maximum atomic E-state index is 11.4.